The van der Waals surface area contributed by atoms with Crippen molar-refractivity contribution >= 4 is 39.6 Å². The maximum absolute atomic E-state index is 12.7. The van der Waals surface area contributed by atoms with Crippen LogP contribution in [0, 0.1) is 0 Å². The Morgan fingerprint density at radius 2 is 1.62 bits per heavy atom. The Morgan fingerprint density at radius 1 is 0.857 bits per heavy atom. The van der Waals surface area contributed by atoms with E-state index in [2.05, 4.69) is 31.8 Å². The normalized spacial score (nSPS) is 10.6. The van der Waals surface area contributed by atoms with Crippen molar-refractivity contribution in [2.24, 2.45) is 5.10 Å². The van der Waals surface area contributed by atoms with Crippen molar-refractivity contribution in [2.75, 3.05) is 25.6 Å². The molecule has 0 saturated heterocycles. The Bertz CT molecular complexity index is 1530. The van der Waals surface area contributed by atoms with Gasteiger partial charge in [0, 0.05) is 11.3 Å². The van der Waals surface area contributed by atoms with Gasteiger partial charge in [-0.2, -0.15) is 5.10 Å². The van der Waals surface area contributed by atoms with E-state index in [1.165, 1.54) is 6.21 Å². The predicted molar refractivity (Wildman–Crippen MR) is 165 cm³/mol. The number of carbonyl (C=O) groups is 2. The fourth-order valence-corrected chi connectivity index (χ4v) is 4.24. The van der Waals surface area contributed by atoms with Crippen LogP contribution in [0.1, 0.15) is 28.4 Å². The molecule has 10 heteroatoms. The number of nitrogens with one attached hydrogen (secondary N) is 2. The number of rotatable bonds is 13. The van der Waals surface area contributed by atoms with Crippen molar-refractivity contribution in [2.45, 2.75) is 13.5 Å². The smallest absolute Gasteiger partial charge is 0.271 e. The average Bonchev–Trinajstić information content (AvgIpc) is 3.01. The summed E-state index contributed by atoms with van der Waals surface area (Å²) in [5.41, 5.74) is 5.27. The topological polar surface area (TPSA) is 107 Å². The number of ether oxygens (including phenoxy) is 4. The van der Waals surface area contributed by atoms with Crippen LogP contribution in [0.4, 0.5) is 5.69 Å². The number of hydrogen-bond acceptors (Lipinski definition) is 7. The first-order chi connectivity index (χ1) is 20.4. The Labute approximate surface area is 252 Å². The third-order valence-electron chi connectivity index (χ3n) is 5.81. The molecule has 0 atom stereocenters. The minimum Gasteiger partial charge on any atom is -0.497 e. The van der Waals surface area contributed by atoms with Gasteiger partial charge in [-0.25, -0.2) is 5.43 Å². The fraction of sp³-hybridized carbons (Fsp3) is 0.156. The Hall–Kier alpha value is -4.83. The second-order valence-corrected chi connectivity index (χ2v) is 9.68. The van der Waals surface area contributed by atoms with Gasteiger partial charge in [-0.05, 0) is 94.6 Å². The van der Waals surface area contributed by atoms with E-state index in [0.29, 0.717) is 57.5 Å². The number of halogens is 1. The van der Waals surface area contributed by atoms with E-state index < -0.39 is 5.91 Å². The Morgan fingerprint density at radius 3 is 2.33 bits per heavy atom. The van der Waals surface area contributed by atoms with Gasteiger partial charge in [0.05, 0.1) is 24.4 Å². The summed E-state index contributed by atoms with van der Waals surface area (Å²) in [5, 5.41) is 6.83. The van der Waals surface area contributed by atoms with E-state index in [9.17, 15) is 9.59 Å². The van der Waals surface area contributed by atoms with Gasteiger partial charge in [0.25, 0.3) is 11.8 Å². The summed E-state index contributed by atoms with van der Waals surface area (Å²) in [4.78, 5) is 25.0. The number of anilines is 1. The summed E-state index contributed by atoms with van der Waals surface area (Å²) in [6, 6.07) is 27.0. The molecule has 0 radical (unpaired) electrons. The van der Waals surface area contributed by atoms with Crippen LogP contribution in [0.25, 0.3) is 0 Å². The largest absolute Gasteiger partial charge is 0.497 e. The SMILES string of the molecule is CCOc1cc(C(=O)N/N=C/c2ccc(OCC(=O)Nc3ccc(OC)cc3)c(Br)c2)ccc1OCc1ccccc1. The van der Waals surface area contributed by atoms with Crippen molar-refractivity contribution < 1.29 is 28.5 Å². The highest BCUT2D eigenvalue weighted by Gasteiger charge is 2.12. The summed E-state index contributed by atoms with van der Waals surface area (Å²) < 4.78 is 23.0. The lowest BCUT2D eigenvalue weighted by Gasteiger charge is -2.13. The van der Waals surface area contributed by atoms with E-state index in [-0.39, 0.29) is 12.5 Å². The van der Waals surface area contributed by atoms with E-state index in [4.69, 9.17) is 18.9 Å². The van der Waals surface area contributed by atoms with Crippen LogP contribution in [0.15, 0.2) is 101 Å². The van der Waals surface area contributed by atoms with Crippen LogP contribution in [-0.2, 0) is 11.4 Å². The molecule has 2 N–H and O–H groups in total. The zero-order valence-corrected chi connectivity index (χ0v) is 24.7. The first-order valence-electron chi connectivity index (χ1n) is 13.1. The molecule has 9 nitrogen and oxygen atoms in total. The van der Waals surface area contributed by atoms with Gasteiger partial charge in [-0.3, -0.25) is 9.59 Å². The molecular formula is C32H30BrN3O6. The van der Waals surface area contributed by atoms with Crippen molar-refractivity contribution in [3.8, 4) is 23.0 Å². The molecule has 0 aliphatic rings. The minimum atomic E-state index is -0.399. The summed E-state index contributed by atoms with van der Waals surface area (Å²) in [5.74, 6) is 1.51. The molecule has 0 aliphatic heterocycles. The minimum absolute atomic E-state index is 0.173. The maximum atomic E-state index is 12.7. The number of hydrazone groups is 1. The molecular weight excluding hydrogens is 602 g/mol. The molecule has 42 heavy (non-hydrogen) atoms. The van der Waals surface area contributed by atoms with Crippen molar-refractivity contribution in [3.05, 3.63) is 112 Å². The molecule has 0 aliphatic carbocycles. The molecule has 0 aromatic heterocycles. The second-order valence-electron chi connectivity index (χ2n) is 8.82. The zero-order valence-electron chi connectivity index (χ0n) is 23.1. The van der Waals surface area contributed by atoms with Crippen LogP contribution < -0.4 is 29.7 Å². The molecule has 216 valence electrons. The molecule has 4 aromatic carbocycles. The standard InChI is InChI=1S/C32H30BrN3O6/c1-3-40-30-18-24(10-16-29(30)41-20-22-7-5-4-6-8-22)32(38)36-34-19-23-9-15-28(27(33)17-23)42-21-31(37)35-25-11-13-26(39-2)14-12-25/h4-19H,3,20-21H2,1-2H3,(H,35,37)(H,36,38)/b34-19+. The van der Waals surface area contributed by atoms with Crippen LogP contribution in [0.3, 0.4) is 0 Å². The molecule has 0 fully saturated rings. The van der Waals surface area contributed by atoms with E-state index in [1.807, 2.05) is 37.3 Å². The van der Waals surface area contributed by atoms with Gasteiger partial charge in [0.1, 0.15) is 18.1 Å². The lowest BCUT2D eigenvalue weighted by atomic mass is 10.2. The number of benzene rings is 4. The highest BCUT2D eigenvalue weighted by molar-refractivity contribution is 9.10. The summed E-state index contributed by atoms with van der Waals surface area (Å²) in [7, 11) is 1.58. The van der Waals surface area contributed by atoms with Gasteiger partial charge in [-0.1, -0.05) is 30.3 Å². The molecule has 0 spiro atoms. The first kappa shape index (κ1) is 30.1. The van der Waals surface area contributed by atoms with Gasteiger partial charge >= 0.3 is 0 Å². The number of hydrogen-bond donors (Lipinski definition) is 2. The van der Waals surface area contributed by atoms with Gasteiger partial charge in [-0.15, -0.1) is 0 Å². The highest BCUT2D eigenvalue weighted by atomic mass is 79.9. The molecule has 4 aromatic rings. The zero-order chi connectivity index (χ0) is 29.7. The monoisotopic (exact) mass is 631 g/mol. The van der Waals surface area contributed by atoms with E-state index in [1.54, 1.807) is 67.8 Å². The fourth-order valence-electron chi connectivity index (χ4n) is 3.73. The van der Waals surface area contributed by atoms with Gasteiger partial charge < -0.3 is 24.3 Å². The molecule has 0 bridgehead atoms. The average molecular weight is 633 g/mol. The van der Waals surface area contributed by atoms with Crippen LogP contribution in [0.2, 0.25) is 0 Å². The number of amides is 2. The molecule has 0 unspecified atom stereocenters. The lowest BCUT2D eigenvalue weighted by Crippen LogP contribution is -2.20. The Balaban J connectivity index is 1.29. The summed E-state index contributed by atoms with van der Waals surface area (Å²) in [6.07, 6.45) is 1.50. The highest BCUT2D eigenvalue weighted by Crippen LogP contribution is 2.29. The molecule has 0 saturated carbocycles. The predicted octanol–water partition coefficient (Wildman–Crippen LogP) is 6.22. The molecule has 0 heterocycles. The number of carbonyl (C=O) groups excluding carboxylic acids is 2. The van der Waals surface area contributed by atoms with Gasteiger partial charge in [0.2, 0.25) is 0 Å². The van der Waals surface area contributed by atoms with Crippen molar-refractivity contribution in [1.29, 1.82) is 0 Å². The maximum Gasteiger partial charge on any atom is 0.271 e. The van der Waals surface area contributed by atoms with Crippen LogP contribution in [0.5, 0.6) is 23.0 Å². The number of nitrogens with zero attached hydrogens (tertiary/aromatic N) is 1. The second kappa shape index (κ2) is 15.2. The van der Waals surface area contributed by atoms with E-state index in [0.717, 1.165) is 5.56 Å². The van der Waals surface area contributed by atoms with E-state index >= 15 is 0 Å². The van der Waals surface area contributed by atoms with Crippen molar-refractivity contribution in [1.82, 2.24) is 5.43 Å². The summed E-state index contributed by atoms with van der Waals surface area (Å²) in [6.45, 7) is 2.50. The third-order valence-corrected chi connectivity index (χ3v) is 6.43. The quantitative estimate of drug-likeness (QED) is 0.134. The van der Waals surface area contributed by atoms with Crippen LogP contribution >= 0.6 is 15.9 Å². The Kier molecular flexibility index (Phi) is 10.9. The lowest BCUT2D eigenvalue weighted by molar-refractivity contribution is -0.118. The first-order valence-corrected chi connectivity index (χ1v) is 13.9. The number of methoxy groups -OCH3 is 1. The van der Waals surface area contributed by atoms with Crippen molar-refractivity contribution in [3.63, 3.8) is 0 Å². The van der Waals surface area contributed by atoms with Gasteiger partial charge in [0.15, 0.2) is 18.1 Å². The van der Waals surface area contributed by atoms with Crippen LogP contribution in [-0.4, -0.2) is 38.4 Å². The summed E-state index contributed by atoms with van der Waals surface area (Å²) >= 11 is 3.45. The molecule has 2 amide bonds. The molecule has 4 rings (SSSR count). The third kappa shape index (κ3) is 8.84.